The normalized spacial score (nSPS) is 20.9. The van der Waals surface area contributed by atoms with E-state index in [9.17, 15) is 4.79 Å². The molecule has 130 valence electrons. The lowest BCUT2D eigenvalue weighted by Gasteiger charge is -2.25. The van der Waals surface area contributed by atoms with Gasteiger partial charge in [0.15, 0.2) is 0 Å². The predicted octanol–water partition coefficient (Wildman–Crippen LogP) is 4.99. The predicted molar refractivity (Wildman–Crippen MR) is 97.2 cm³/mol. The number of rotatable bonds is 2. The third kappa shape index (κ3) is 3.99. The highest BCUT2D eigenvalue weighted by atomic mass is 16.6. The van der Waals surface area contributed by atoms with Crippen molar-refractivity contribution in [2.75, 3.05) is 0 Å². The zero-order chi connectivity index (χ0) is 18.0. The van der Waals surface area contributed by atoms with Crippen LogP contribution in [0.15, 0.2) is 30.5 Å². The molecule has 0 unspecified atom stereocenters. The van der Waals surface area contributed by atoms with Crippen molar-refractivity contribution in [3.63, 3.8) is 0 Å². The summed E-state index contributed by atoms with van der Waals surface area (Å²) in [7, 11) is 0. The first-order chi connectivity index (χ1) is 11.9. The van der Waals surface area contributed by atoms with Gasteiger partial charge in [-0.1, -0.05) is 6.07 Å². The van der Waals surface area contributed by atoms with Crippen LogP contribution in [0, 0.1) is 17.2 Å². The lowest BCUT2D eigenvalue weighted by molar-refractivity contribution is 0.00718. The maximum atomic E-state index is 12.6. The van der Waals surface area contributed by atoms with E-state index in [1.165, 1.54) is 5.56 Å². The van der Waals surface area contributed by atoms with Crippen LogP contribution >= 0.6 is 0 Å². The first-order valence-corrected chi connectivity index (χ1v) is 8.89. The van der Waals surface area contributed by atoms with E-state index in [1.54, 1.807) is 12.3 Å². The van der Waals surface area contributed by atoms with Crippen LogP contribution in [-0.2, 0) is 4.74 Å². The van der Waals surface area contributed by atoms with Gasteiger partial charge in [0, 0.05) is 17.5 Å². The zero-order valence-corrected chi connectivity index (χ0v) is 15.1. The molecule has 0 saturated heterocycles. The minimum absolute atomic E-state index is 0.190. The molecule has 1 aliphatic carbocycles. The van der Waals surface area contributed by atoms with Crippen molar-refractivity contribution in [2.45, 2.75) is 58.0 Å². The van der Waals surface area contributed by atoms with E-state index in [0.29, 0.717) is 11.5 Å². The molecule has 25 heavy (non-hydrogen) atoms. The fourth-order valence-electron chi connectivity index (χ4n) is 3.48. The number of hydrogen-bond donors (Lipinski definition) is 0. The van der Waals surface area contributed by atoms with Gasteiger partial charge in [0.2, 0.25) is 0 Å². The largest absolute Gasteiger partial charge is 0.456 e. The average Bonchev–Trinajstić information content (AvgIpc) is 2.59. The molecular weight excluding hydrogens is 312 g/mol. The van der Waals surface area contributed by atoms with Gasteiger partial charge in [-0.2, -0.15) is 5.26 Å². The van der Waals surface area contributed by atoms with Gasteiger partial charge in [-0.25, -0.2) is 4.79 Å². The highest BCUT2D eigenvalue weighted by molar-refractivity contribution is 6.03. The molecule has 4 heteroatoms. The fourth-order valence-corrected chi connectivity index (χ4v) is 3.48. The molecule has 0 radical (unpaired) electrons. The molecule has 0 spiro atoms. The number of hydrogen-bond acceptors (Lipinski definition) is 4. The topological polar surface area (TPSA) is 63.0 Å². The second-order valence-corrected chi connectivity index (χ2v) is 7.81. The molecule has 0 aliphatic heterocycles. The van der Waals surface area contributed by atoms with Gasteiger partial charge in [0.25, 0.3) is 0 Å². The number of fused-ring (bicyclic) bond motifs is 1. The number of pyridine rings is 1. The summed E-state index contributed by atoms with van der Waals surface area (Å²) in [5.41, 5.74) is 2.06. The molecule has 1 saturated carbocycles. The van der Waals surface area contributed by atoms with E-state index in [4.69, 9.17) is 10.00 Å². The highest BCUT2D eigenvalue weighted by Gasteiger charge is 2.24. The molecule has 4 nitrogen and oxygen atoms in total. The van der Waals surface area contributed by atoms with Crippen LogP contribution in [0.2, 0.25) is 0 Å². The van der Waals surface area contributed by atoms with E-state index >= 15 is 0 Å². The van der Waals surface area contributed by atoms with Gasteiger partial charge in [0.1, 0.15) is 5.60 Å². The number of carbonyl (C=O) groups is 1. The molecule has 1 aromatic carbocycles. The van der Waals surface area contributed by atoms with Gasteiger partial charge in [-0.05, 0) is 76.1 Å². The number of aromatic nitrogens is 1. The summed E-state index contributed by atoms with van der Waals surface area (Å²) >= 11 is 0. The molecule has 0 atom stereocenters. The summed E-state index contributed by atoms with van der Waals surface area (Å²) in [6.45, 7) is 5.61. The van der Waals surface area contributed by atoms with Gasteiger partial charge in [-0.15, -0.1) is 0 Å². The maximum absolute atomic E-state index is 12.6. The summed E-state index contributed by atoms with van der Waals surface area (Å²) in [4.78, 5) is 16.9. The Hall–Kier alpha value is -2.41. The summed E-state index contributed by atoms with van der Waals surface area (Å²) < 4.78 is 5.54. The Morgan fingerprint density at radius 2 is 1.92 bits per heavy atom. The maximum Gasteiger partial charge on any atom is 0.339 e. The number of nitriles is 1. The van der Waals surface area contributed by atoms with E-state index in [0.717, 1.165) is 36.6 Å². The van der Waals surface area contributed by atoms with Crippen molar-refractivity contribution in [1.29, 1.82) is 5.26 Å². The molecule has 1 fully saturated rings. The Labute approximate surface area is 148 Å². The van der Waals surface area contributed by atoms with Crippen LogP contribution in [0.4, 0.5) is 0 Å². The third-order valence-corrected chi connectivity index (χ3v) is 4.77. The van der Waals surface area contributed by atoms with Gasteiger partial charge in [-0.3, -0.25) is 4.98 Å². The summed E-state index contributed by atoms with van der Waals surface area (Å²) in [5.74, 6) is 0.321. The van der Waals surface area contributed by atoms with Crippen molar-refractivity contribution in [3.8, 4) is 6.07 Å². The summed E-state index contributed by atoms with van der Waals surface area (Å²) in [6, 6.07) is 10.3. The summed E-state index contributed by atoms with van der Waals surface area (Å²) in [6.07, 6.45) is 5.59. The second kappa shape index (κ2) is 6.84. The van der Waals surface area contributed by atoms with Crippen molar-refractivity contribution >= 4 is 16.9 Å². The van der Waals surface area contributed by atoms with Crippen LogP contribution in [0.5, 0.6) is 0 Å². The van der Waals surface area contributed by atoms with Crippen molar-refractivity contribution in [1.82, 2.24) is 4.98 Å². The first-order valence-electron chi connectivity index (χ1n) is 8.89. The van der Waals surface area contributed by atoms with Crippen LogP contribution in [-0.4, -0.2) is 16.6 Å². The van der Waals surface area contributed by atoms with Gasteiger partial charge in [0.05, 0.1) is 17.1 Å². The highest BCUT2D eigenvalue weighted by Crippen LogP contribution is 2.36. The monoisotopic (exact) mass is 336 g/mol. The molecule has 0 N–H and O–H groups in total. The average molecular weight is 336 g/mol. The minimum atomic E-state index is -0.528. The second-order valence-electron chi connectivity index (χ2n) is 7.81. The standard InChI is InChI=1S/C21H24N2O2/c1-21(2,3)25-20(24)17-10-11-23-19-9-8-16(12-18(17)19)15-6-4-14(13-22)5-7-15/h8-12,14-15H,4-7H2,1-3H3. The number of ether oxygens (including phenoxy) is 1. The van der Waals surface area contributed by atoms with Crippen molar-refractivity contribution in [2.24, 2.45) is 5.92 Å². The Bertz CT molecular complexity index is 822. The van der Waals surface area contributed by atoms with E-state index in [-0.39, 0.29) is 11.9 Å². The van der Waals surface area contributed by atoms with Crippen molar-refractivity contribution in [3.05, 3.63) is 41.6 Å². The molecule has 0 amide bonds. The number of nitrogens with zero attached hydrogens (tertiary/aromatic N) is 2. The number of benzene rings is 1. The molecule has 2 aromatic rings. The van der Waals surface area contributed by atoms with Gasteiger partial charge >= 0.3 is 5.97 Å². The van der Waals surface area contributed by atoms with Crippen LogP contribution in [0.25, 0.3) is 10.9 Å². The summed E-state index contributed by atoms with van der Waals surface area (Å²) in [5, 5.41) is 9.91. The van der Waals surface area contributed by atoms with Crippen LogP contribution < -0.4 is 0 Å². The van der Waals surface area contributed by atoms with E-state index in [1.807, 2.05) is 26.8 Å². The molecule has 3 rings (SSSR count). The Kier molecular flexibility index (Phi) is 4.76. The molecule has 1 aromatic heterocycles. The lowest BCUT2D eigenvalue weighted by Crippen LogP contribution is -2.24. The lowest BCUT2D eigenvalue weighted by atomic mass is 9.79. The molecular formula is C21H24N2O2. The molecule has 0 bridgehead atoms. The van der Waals surface area contributed by atoms with Crippen LogP contribution in [0.1, 0.15) is 68.3 Å². The Morgan fingerprint density at radius 1 is 1.20 bits per heavy atom. The fraction of sp³-hybridized carbons (Fsp3) is 0.476. The molecule has 1 heterocycles. The van der Waals surface area contributed by atoms with E-state index < -0.39 is 5.60 Å². The quantitative estimate of drug-likeness (QED) is 0.725. The molecule has 1 aliphatic rings. The first kappa shape index (κ1) is 17.4. The Morgan fingerprint density at radius 3 is 2.56 bits per heavy atom. The SMILES string of the molecule is CC(C)(C)OC(=O)c1ccnc2ccc(C3CCC(C#N)CC3)cc12. The van der Waals surface area contributed by atoms with Crippen LogP contribution in [0.3, 0.4) is 0 Å². The third-order valence-electron chi connectivity index (χ3n) is 4.77. The minimum Gasteiger partial charge on any atom is -0.456 e. The van der Waals surface area contributed by atoms with E-state index in [2.05, 4.69) is 23.2 Å². The number of carbonyl (C=O) groups excluding carboxylic acids is 1. The van der Waals surface area contributed by atoms with Crippen molar-refractivity contribution < 1.29 is 9.53 Å². The Balaban J connectivity index is 1.93. The zero-order valence-electron chi connectivity index (χ0n) is 15.1. The number of esters is 1. The smallest absolute Gasteiger partial charge is 0.339 e. The van der Waals surface area contributed by atoms with Gasteiger partial charge < -0.3 is 4.74 Å².